The van der Waals surface area contributed by atoms with Crippen LogP contribution < -0.4 is 4.74 Å². The molecule has 0 aromatic heterocycles. The maximum absolute atomic E-state index is 12.8. The van der Waals surface area contributed by atoms with E-state index in [1.54, 1.807) is 59.5 Å². The number of nitrogens with zero attached hydrogens (tertiary/aromatic N) is 1. The number of hydrogen-bond donors (Lipinski definition) is 0. The SMILES string of the molecule is O=C(Oc1ccc(/C=C2\SC(=S)N(Cc3ccccc3)C2=O)cc1)c1ccccc1. The Morgan fingerprint density at radius 1 is 0.933 bits per heavy atom. The number of thioether (sulfide) groups is 1. The molecule has 1 aliphatic rings. The van der Waals surface area contributed by atoms with Crippen LogP contribution >= 0.6 is 24.0 Å². The molecule has 0 saturated carbocycles. The van der Waals surface area contributed by atoms with Crippen LogP contribution in [-0.2, 0) is 11.3 Å². The van der Waals surface area contributed by atoms with E-state index >= 15 is 0 Å². The first-order valence-electron chi connectivity index (χ1n) is 9.27. The van der Waals surface area contributed by atoms with E-state index in [0.29, 0.717) is 27.1 Å². The molecule has 3 aromatic carbocycles. The lowest BCUT2D eigenvalue weighted by molar-refractivity contribution is -0.122. The van der Waals surface area contributed by atoms with Crippen molar-refractivity contribution < 1.29 is 14.3 Å². The number of amides is 1. The van der Waals surface area contributed by atoms with Gasteiger partial charge >= 0.3 is 5.97 Å². The highest BCUT2D eigenvalue weighted by atomic mass is 32.2. The summed E-state index contributed by atoms with van der Waals surface area (Å²) >= 11 is 6.69. The topological polar surface area (TPSA) is 46.6 Å². The molecule has 1 aliphatic heterocycles. The first-order valence-corrected chi connectivity index (χ1v) is 10.5. The standard InChI is InChI=1S/C24H17NO3S2/c26-22-21(30-24(29)25(22)16-18-7-3-1-4-8-18)15-17-11-13-20(14-12-17)28-23(27)19-9-5-2-6-10-19/h1-15H,16H2/b21-15-. The highest BCUT2D eigenvalue weighted by Gasteiger charge is 2.31. The molecule has 0 bridgehead atoms. The molecule has 148 valence electrons. The highest BCUT2D eigenvalue weighted by Crippen LogP contribution is 2.33. The number of hydrogen-bond acceptors (Lipinski definition) is 5. The third-order valence-electron chi connectivity index (χ3n) is 4.46. The van der Waals surface area contributed by atoms with Gasteiger partial charge in [0, 0.05) is 0 Å². The molecule has 30 heavy (non-hydrogen) atoms. The summed E-state index contributed by atoms with van der Waals surface area (Å²) in [5, 5.41) is 0. The smallest absolute Gasteiger partial charge is 0.343 e. The summed E-state index contributed by atoms with van der Waals surface area (Å²) in [7, 11) is 0. The van der Waals surface area contributed by atoms with E-state index in [-0.39, 0.29) is 5.91 Å². The number of rotatable bonds is 5. The Bertz CT molecular complexity index is 1110. The largest absolute Gasteiger partial charge is 0.423 e. The van der Waals surface area contributed by atoms with E-state index in [4.69, 9.17) is 17.0 Å². The van der Waals surface area contributed by atoms with Crippen LogP contribution in [0.2, 0.25) is 0 Å². The summed E-state index contributed by atoms with van der Waals surface area (Å²) < 4.78 is 5.93. The van der Waals surface area contributed by atoms with Gasteiger partial charge in [0.05, 0.1) is 17.0 Å². The zero-order valence-corrected chi connectivity index (χ0v) is 17.5. The first-order chi connectivity index (χ1) is 14.6. The van der Waals surface area contributed by atoms with Crippen LogP contribution in [0.15, 0.2) is 89.8 Å². The molecular formula is C24H17NO3S2. The second kappa shape index (κ2) is 9.07. The predicted molar refractivity (Wildman–Crippen MR) is 123 cm³/mol. The number of carbonyl (C=O) groups is 2. The minimum atomic E-state index is -0.412. The van der Waals surface area contributed by atoms with Gasteiger partial charge in [-0.2, -0.15) is 0 Å². The molecule has 1 fully saturated rings. The minimum Gasteiger partial charge on any atom is -0.423 e. The Balaban J connectivity index is 1.44. The first kappa shape index (κ1) is 20.1. The maximum atomic E-state index is 12.8. The summed E-state index contributed by atoms with van der Waals surface area (Å²) in [6.45, 7) is 0.456. The van der Waals surface area contributed by atoms with Crippen LogP contribution in [0.4, 0.5) is 0 Å². The van der Waals surface area contributed by atoms with Gasteiger partial charge in [-0.15, -0.1) is 0 Å². The minimum absolute atomic E-state index is 0.103. The monoisotopic (exact) mass is 431 g/mol. The second-order valence-electron chi connectivity index (χ2n) is 6.58. The molecular weight excluding hydrogens is 414 g/mol. The van der Waals surface area contributed by atoms with Crippen molar-refractivity contribution in [3.8, 4) is 5.75 Å². The fourth-order valence-corrected chi connectivity index (χ4v) is 4.18. The van der Waals surface area contributed by atoms with Crippen molar-refractivity contribution in [2.75, 3.05) is 0 Å². The van der Waals surface area contributed by atoms with E-state index in [0.717, 1.165) is 11.1 Å². The summed E-state index contributed by atoms with van der Waals surface area (Å²) in [5.41, 5.74) is 2.35. The number of thiocarbonyl (C=S) groups is 1. The zero-order chi connectivity index (χ0) is 20.9. The van der Waals surface area contributed by atoms with Gasteiger partial charge in [-0.3, -0.25) is 9.69 Å². The molecule has 4 rings (SSSR count). The fourth-order valence-electron chi connectivity index (χ4n) is 2.93. The van der Waals surface area contributed by atoms with Crippen LogP contribution in [0.3, 0.4) is 0 Å². The molecule has 0 radical (unpaired) electrons. The van der Waals surface area contributed by atoms with Crippen molar-refractivity contribution >= 4 is 46.3 Å². The highest BCUT2D eigenvalue weighted by molar-refractivity contribution is 8.26. The van der Waals surface area contributed by atoms with Gasteiger partial charge in [0.15, 0.2) is 0 Å². The van der Waals surface area contributed by atoms with Gasteiger partial charge < -0.3 is 4.74 Å². The summed E-state index contributed by atoms with van der Waals surface area (Å²) in [4.78, 5) is 27.1. The van der Waals surface area contributed by atoms with Crippen molar-refractivity contribution in [1.82, 2.24) is 4.90 Å². The van der Waals surface area contributed by atoms with Crippen molar-refractivity contribution in [3.63, 3.8) is 0 Å². The molecule has 6 heteroatoms. The van der Waals surface area contributed by atoms with Gasteiger partial charge in [-0.05, 0) is 41.5 Å². The van der Waals surface area contributed by atoms with Crippen LogP contribution in [0.5, 0.6) is 5.75 Å². The molecule has 0 N–H and O–H groups in total. The van der Waals surface area contributed by atoms with Gasteiger partial charge in [0.2, 0.25) is 0 Å². The van der Waals surface area contributed by atoms with E-state index < -0.39 is 5.97 Å². The molecule has 1 heterocycles. The molecule has 0 aliphatic carbocycles. The average Bonchev–Trinajstić information content (AvgIpc) is 3.04. The summed E-state index contributed by atoms with van der Waals surface area (Å²) in [6, 6.07) is 25.6. The normalized spacial score (nSPS) is 14.9. The van der Waals surface area contributed by atoms with E-state index in [1.165, 1.54) is 11.8 Å². The molecule has 1 saturated heterocycles. The van der Waals surface area contributed by atoms with E-state index in [1.807, 2.05) is 36.4 Å². The van der Waals surface area contributed by atoms with Crippen LogP contribution in [0, 0.1) is 0 Å². The third kappa shape index (κ3) is 4.67. The van der Waals surface area contributed by atoms with Crippen LogP contribution in [0.1, 0.15) is 21.5 Å². The number of esters is 1. The number of benzene rings is 3. The Kier molecular flexibility index (Phi) is 6.07. The Labute approximate surface area is 184 Å². The fraction of sp³-hybridized carbons (Fsp3) is 0.0417. The number of ether oxygens (including phenoxy) is 1. The van der Waals surface area contributed by atoms with E-state index in [9.17, 15) is 9.59 Å². The lowest BCUT2D eigenvalue weighted by atomic mass is 10.2. The second-order valence-corrected chi connectivity index (χ2v) is 8.25. The molecule has 4 nitrogen and oxygen atoms in total. The van der Waals surface area contributed by atoms with Crippen LogP contribution in [-0.4, -0.2) is 21.1 Å². The number of carbonyl (C=O) groups excluding carboxylic acids is 2. The van der Waals surface area contributed by atoms with Crippen molar-refractivity contribution in [1.29, 1.82) is 0 Å². The Morgan fingerprint density at radius 3 is 2.23 bits per heavy atom. The quantitative estimate of drug-likeness (QED) is 0.237. The van der Waals surface area contributed by atoms with Gasteiger partial charge in [0.25, 0.3) is 5.91 Å². The third-order valence-corrected chi connectivity index (χ3v) is 5.83. The van der Waals surface area contributed by atoms with Gasteiger partial charge in [-0.1, -0.05) is 84.6 Å². The van der Waals surface area contributed by atoms with Gasteiger partial charge in [0.1, 0.15) is 10.1 Å². The molecule has 0 spiro atoms. The van der Waals surface area contributed by atoms with Gasteiger partial charge in [-0.25, -0.2) is 4.79 Å². The average molecular weight is 432 g/mol. The lowest BCUT2D eigenvalue weighted by Crippen LogP contribution is -2.27. The van der Waals surface area contributed by atoms with Crippen molar-refractivity contribution in [2.24, 2.45) is 0 Å². The molecule has 0 unspecified atom stereocenters. The Hall–Kier alpha value is -3.22. The lowest BCUT2D eigenvalue weighted by Gasteiger charge is -2.14. The molecule has 0 atom stereocenters. The van der Waals surface area contributed by atoms with E-state index in [2.05, 4.69) is 0 Å². The predicted octanol–water partition coefficient (Wildman–Crippen LogP) is 5.31. The molecule has 1 amide bonds. The van der Waals surface area contributed by atoms with Crippen LogP contribution in [0.25, 0.3) is 6.08 Å². The summed E-state index contributed by atoms with van der Waals surface area (Å²) in [6.07, 6.45) is 1.80. The summed E-state index contributed by atoms with van der Waals surface area (Å²) in [5.74, 6) is -0.0730. The van der Waals surface area contributed by atoms with Crippen molar-refractivity contribution in [3.05, 3.63) is 107 Å². The van der Waals surface area contributed by atoms with Crippen molar-refractivity contribution in [2.45, 2.75) is 6.54 Å². The molecule has 3 aromatic rings. The maximum Gasteiger partial charge on any atom is 0.343 e. The Morgan fingerprint density at radius 2 is 1.57 bits per heavy atom. The zero-order valence-electron chi connectivity index (χ0n) is 15.9.